The van der Waals surface area contributed by atoms with Gasteiger partial charge in [-0.25, -0.2) is 9.18 Å². The quantitative estimate of drug-likeness (QED) is 0.511. The van der Waals surface area contributed by atoms with Gasteiger partial charge in [-0.3, -0.25) is 0 Å². The predicted octanol–water partition coefficient (Wildman–Crippen LogP) is 4.13. The van der Waals surface area contributed by atoms with E-state index in [2.05, 4.69) is 10.2 Å². The van der Waals surface area contributed by atoms with Crippen LogP contribution in [0.4, 0.5) is 22.4 Å². The van der Waals surface area contributed by atoms with Crippen molar-refractivity contribution in [2.75, 3.05) is 20.1 Å². The molecule has 1 N–H and O–H groups in total. The number of rotatable bonds is 3. The van der Waals surface area contributed by atoms with E-state index in [4.69, 9.17) is 4.74 Å². The molecule has 0 aliphatic carbocycles. The Labute approximate surface area is 166 Å². The smallest absolute Gasteiger partial charge is 0.410 e. The Kier molecular flexibility index (Phi) is 5.84. The normalized spacial score (nSPS) is 16.7. The van der Waals surface area contributed by atoms with Crippen molar-refractivity contribution in [2.45, 2.75) is 31.6 Å². The van der Waals surface area contributed by atoms with Crippen LogP contribution < -0.4 is 10.1 Å². The zero-order valence-electron chi connectivity index (χ0n) is 14.4. The van der Waals surface area contributed by atoms with Crippen molar-refractivity contribution in [1.82, 2.24) is 14.8 Å². The van der Waals surface area contributed by atoms with E-state index < -0.39 is 24.6 Å². The van der Waals surface area contributed by atoms with Gasteiger partial charge in [-0.05, 0) is 67.7 Å². The Balaban J connectivity index is 1.82. The van der Waals surface area contributed by atoms with Crippen molar-refractivity contribution in [2.24, 2.45) is 0 Å². The lowest BCUT2D eigenvalue weighted by atomic mass is 10.1. The number of piperidine rings is 1. The van der Waals surface area contributed by atoms with Crippen LogP contribution in [0, 0.1) is 9.52 Å². The molecule has 27 heavy (non-hydrogen) atoms. The highest BCUT2D eigenvalue weighted by Gasteiger charge is 2.30. The van der Waals surface area contributed by atoms with E-state index in [0.717, 1.165) is 42.6 Å². The molecule has 0 unspecified atom stereocenters. The van der Waals surface area contributed by atoms with Crippen molar-refractivity contribution >= 4 is 39.6 Å². The number of nitrogens with one attached hydrogen (secondary N) is 1. The van der Waals surface area contributed by atoms with Crippen LogP contribution in [-0.4, -0.2) is 47.9 Å². The summed E-state index contributed by atoms with van der Waals surface area (Å²) in [5, 5.41) is 2.99. The van der Waals surface area contributed by atoms with E-state index in [1.54, 1.807) is 22.6 Å². The van der Waals surface area contributed by atoms with E-state index in [1.807, 2.05) is 7.05 Å². The first-order valence-corrected chi connectivity index (χ1v) is 9.42. The molecule has 1 saturated heterocycles. The van der Waals surface area contributed by atoms with E-state index in [9.17, 15) is 22.4 Å². The highest BCUT2D eigenvalue weighted by Crippen LogP contribution is 2.33. The lowest BCUT2D eigenvalue weighted by Gasteiger charge is -2.29. The van der Waals surface area contributed by atoms with Crippen molar-refractivity contribution in [3.8, 4) is 5.75 Å². The van der Waals surface area contributed by atoms with Crippen molar-refractivity contribution in [1.29, 1.82) is 0 Å². The number of aromatic nitrogens is 1. The van der Waals surface area contributed by atoms with Gasteiger partial charge < -0.3 is 19.5 Å². The van der Waals surface area contributed by atoms with Crippen molar-refractivity contribution < 1.29 is 27.1 Å². The van der Waals surface area contributed by atoms with Gasteiger partial charge in [-0.1, -0.05) is 0 Å². The molecule has 0 bridgehead atoms. The third kappa shape index (κ3) is 5.03. The van der Waals surface area contributed by atoms with Gasteiger partial charge in [0.05, 0.1) is 9.22 Å². The topological polar surface area (TPSA) is 46.5 Å². The minimum absolute atomic E-state index is 0.0267. The first-order valence-electron chi connectivity index (χ1n) is 8.34. The average Bonchev–Trinajstić information content (AvgIpc) is 2.85. The molecule has 0 radical (unpaired) electrons. The SMILES string of the molecule is CN1CCC(NC(=O)Oc2cc(F)cc3c2cc(I)n3CC(F)(F)F)CC1. The standard InChI is InChI=1S/C17H18F4IN3O2/c1-24-4-2-11(3-5-24)23-16(26)27-14-7-10(18)6-13-12(14)8-15(22)25(13)9-17(19,20)21/h6-8,11H,2-5,9H2,1H3,(H,23,26). The second-order valence-electron chi connectivity index (χ2n) is 6.62. The molecule has 1 aliphatic rings. The van der Waals surface area contributed by atoms with Gasteiger partial charge in [0, 0.05) is 17.5 Å². The second kappa shape index (κ2) is 7.82. The molecule has 0 saturated carbocycles. The van der Waals surface area contributed by atoms with E-state index in [-0.39, 0.29) is 26.4 Å². The monoisotopic (exact) mass is 499 g/mol. The lowest BCUT2D eigenvalue weighted by Crippen LogP contribution is -2.44. The number of hydrogen-bond donors (Lipinski definition) is 1. The molecule has 1 fully saturated rings. The highest BCUT2D eigenvalue weighted by atomic mass is 127. The Morgan fingerprint density at radius 1 is 1.30 bits per heavy atom. The third-order valence-corrected chi connectivity index (χ3v) is 5.37. The number of fused-ring (bicyclic) bond motifs is 1. The molecule has 10 heteroatoms. The maximum Gasteiger partial charge on any atom is 0.412 e. The van der Waals surface area contributed by atoms with Crippen LogP contribution in [0.2, 0.25) is 0 Å². The number of likely N-dealkylation sites (tertiary alicyclic amines) is 1. The highest BCUT2D eigenvalue weighted by molar-refractivity contribution is 14.1. The minimum atomic E-state index is -4.45. The second-order valence-corrected chi connectivity index (χ2v) is 7.72. The molecule has 2 heterocycles. The lowest BCUT2D eigenvalue weighted by molar-refractivity contribution is -0.140. The minimum Gasteiger partial charge on any atom is -0.410 e. The van der Waals surface area contributed by atoms with Gasteiger partial charge in [0.1, 0.15) is 18.1 Å². The van der Waals surface area contributed by atoms with Crippen molar-refractivity contribution in [3.05, 3.63) is 27.7 Å². The molecule has 2 aromatic rings. The fraction of sp³-hybridized carbons (Fsp3) is 0.471. The first kappa shape index (κ1) is 20.2. The molecular formula is C17H18F4IN3O2. The summed E-state index contributed by atoms with van der Waals surface area (Å²) in [5.74, 6) is -0.878. The number of carbonyl (C=O) groups excluding carboxylic acids is 1. The summed E-state index contributed by atoms with van der Waals surface area (Å²) in [5.41, 5.74) is 0.0267. The molecule has 148 valence electrons. The number of amides is 1. The maximum absolute atomic E-state index is 14.0. The molecule has 1 aromatic heterocycles. The molecule has 0 atom stereocenters. The molecule has 5 nitrogen and oxygen atoms in total. The first-order chi connectivity index (χ1) is 12.6. The summed E-state index contributed by atoms with van der Waals surface area (Å²) in [7, 11) is 1.99. The Morgan fingerprint density at radius 3 is 2.59 bits per heavy atom. The van der Waals surface area contributed by atoms with Gasteiger partial charge in [-0.15, -0.1) is 0 Å². The predicted molar refractivity (Wildman–Crippen MR) is 100 cm³/mol. The number of hydrogen-bond acceptors (Lipinski definition) is 3. The summed E-state index contributed by atoms with van der Waals surface area (Å²) in [6, 6.07) is 3.40. The van der Waals surface area contributed by atoms with Gasteiger partial charge in [0.25, 0.3) is 0 Å². The van der Waals surface area contributed by atoms with Crippen LogP contribution in [0.3, 0.4) is 0 Å². The summed E-state index contributed by atoms with van der Waals surface area (Å²) in [6.45, 7) is 0.431. The Morgan fingerprint density at radius 2 is 1.96 bits per heavy atom. The molecule has 0 spiro atoms. The van der Waals surface area contributed by atoms with Crippen LogP contribution in [0.15, 0.2) is 18.2 Å². The Bertz CT molecular complexity index is 845. The number of carbonyl (C=O) groups is 1. The molecule has 1 aliphatic heterocycles. The number of benzene rings is 1. The average molecular weight is 499 g/mol. The van der Waals surface area contributed by atoms with Crippen molar-refractivity contribution in [3.63, 3.8) is 0 Å². The molecule has 1 amide bonds. The molecular weight excluding hydrogens is 481 g/mol. The fourth-order valence-electron chi connectivity index (χ4n) is 3.13. The van der Waals surface area contributed by atoms with Crippen LogP contribution in [0.1, 0.15) is 12.8 Å². The fourth-order valence-corrected chi connectivity index (χ4v) is 3.87. The van der Waals surface area contributed by atoms with E-state index in [0.29, 0.717) is 0 Å². The number of nitrogens with zero attached hydrogens (tertiary/aromatic N) is 2. The zero-order valence-corrected chi connectivity index (χ0v) is 16.6. The third-order valence-electron chi connectivity index (χ3n) is 4.48. The van der Waals surface area contributed by atoms with Crippen LogP contribution >= 0.6 is 22.6 Å². The maximum atomic E-state index is 14.0. The van der Waals surface area contributed by atoms with Gasteiger partial charge in [0.2, 0.25) is 0 Å². The van der Waals surface area contributed by atoms with Gasteiger partial charge in [-0.2, -0.15) is 13.2 Å². The van der Waals surface area contributed by atoms with E-state index >= 15 is 0 Å². The van der Waals surface area contributed by atoms with Crippen LogP contribution in [0.5, 0.6) is 5.75 Å². The van der Waals surface area contributed by atoms with Crippen LogP contribution in [0.25, 0.3) is 10.9 Å². The van der Waals surface area contributed by atoms with E-state index in [1.165, 1.54) is 6.07 Å². The molecule has 1 aromatic carbocycles. The number of alkyl halides is 3. The molecule has 3 rings (SSSR count). The number of halogens is 5. The van der Waals surface area contributed by atoms with Gasteiger partial charge >= 0.3 is 12.3 Å². The summed E-state index contributed by atoms with van der Waals surface area (Å²) in [6.07, 6.45) is -3.66. The summed E-state index contributed by atoms with van der Waals surface area (Å²) >= 11 is 1.74. The number of ether oxygens (including phenoxy) is 1. The zero-order chi connectivity index (χ0) is 19.8. The van der Waals surface area contributed by atoms with Gasteiger partial charge in [0.15, 0.2) is 0 Å². The Hall–Kier alpha value is -1.56. The summed E-state index contributed by atoms with van der Waals surface area (Å²) < 4.78 is 58.8. The summed E-state index contributed by atoms with van der Waals surface area (Å²) in [4.78, 5) is 14.3. The van der Waals surface area contributed by atoms with Crippen LogP contribution in [-0.2, 0) is 6.54 Å². The largest absolute Gasteiger partial charge is 0.412 e.